The SMILES string of the molecule is CC1(C)CCN(S(=O)(=O)c2csc(CNC3CC3)c2)C1. The van der Waals surface area contributed by atoms with Crippen molar-refractivity contribution >= 4 is 21.4 Å². The van der Waals surface area contributed by atoms with Gasteiger partial charge in [0.05, 0.1) is 4.90 Å². The van der Waals surface area contributed by atoms with Gasteiger partial charge in [0.25, 0.3) is 0 Å². The Morgan fingerprint density at radius 1 is 1.45 bits per heavy atom. The highest BCUT2D eigenvalue weighted by Crippen LogP contribution is 2.33. The first-order valence-corrected chi connectivity index (χ1v) is 9.50. The van der Waals surface area contributed by atoms with Gasteiger partial charge >= 0.3 is 0 Å². The fourth-order valence-corrected chi connectivity index (χ4v) is 5.38. The van der Waals surface area contributed by atoms with Gasteiger partial charge in [-0.2, -0.15) is 4.31 Å². The van der Waals surface area contributed by atoms with Gasteiger partial charge in [0.1, 0.15) is 0 Å². The van der Waals surface area contributed by atoms with Crippen molar-refractivity contribution in [2.45, 2.75) is 50.6 Å². The Morgan fingerprint density at radius 2 is 2.20 bits per heavy atom. The first kappa shape index (κ1) is 14.5. The number of hydrogen-bond donors (Lipinski definition) is 1. The molecule has 1 aromatic rings. The molecule has 20 heavy (non-hydrogen) atoms. The minimum atomic E-state index is -3.30. The first-order chi connectivity index (χ1) is 9.37. The normalized spacial score (nSPS) is 23.3. The van der Waals surface area contributed by atoms with E-state index in [-0.39, 0.29) is 5.41 Å². The largest absolute Gasteiger partial charge is 0.309 e. The van der Waals surface area contributed by atoms with Gasteiger partial charge in [-0.05, 0) is 30.7 Å². The average Bonchev–Trinajstić information content (AvgIpc) is 2.93. The van der Waals surface area contributed by atoms with E-state index in [0.717, 1.165) is 17.8 Å². The molecule has 0 aromatic carbocycles. The minimum absolute atomic E-state index is 0.0967. The van der Waals surface area contributed by atoms with Crippen molar-refractivity contribution < 1.29 is 8.42 Å². The third kappa shape index (κ3) is 3.08. The number of nitrogens with zero attached hydrogens (tertiary/aromatic N) is 1. The molecule has 0 atom stereocenters. The van der Waals surface area contributed by atoms with Gasteiger partial charge in [-0.15, -0.1) is 11.3 Å². The topological polar surface area (TPSA) is 49.4 Å². The average molecular weight is 314 g/mol. The summed E-state index contributed by atoms with van der Waals surface area (Å²) in [7, 11) is -3.30. The molecular weight excluding hydrogens is 292 g/mol. The first-order valence-electron chi connectivity index (χ1n) is 7.18. The zero-order chi connectivity index (χ0) is 14.4. The summed E-state index contributed by atoms with van der Waals surface area (Å²) in [5.41, 5.74) is 0.0967. The molecule has 4 nitrogen and oxygen atoms in total. The van der Waals surface area contributed by atoms with Crippen molar-refractivity contribution in [3.8, 4) is 0 Å². The number of hydrogen-bond acceptors (Lipinski definition) is 4. The van der Waals surface area contributed by atoms with E-state index < -0.39 is 10.0 Å². The van der Waals surface area contributed by atoms with Crippen molar-refractivity contribution in [2.24, 2.45) is 5.41 Å². The van der Waals surface area contributed by atoms with Crippen LogP contribution in [0, 0.1) is 5.41 Å². The summed E-state index contributed by atoms with van der Waals surface area (Å²) in [5, 5.41) is 5.20. The molecule has 6 heteroatoms. The van der Waals surface area contributed by atoms with Crippen LogP contribution >= 0.6 is 11.3 Å². The molecule has 112 valence electrons. The molecule has 2 heterocycles. The minimum Gasteiger partial charge on any atom is -0.309 e. The standard InChI is InChI=1S/C14H22N2O2S2/c1-14(2)5-6-16(10-14)20(17,18)13-7-12(19-9-13)8-15-11-3-4-11/h7,9,11,15H,3-6,8,10H2,1-2H3. The molecule has 1 aliphatic heterocycles. The van der Waals surface area contributed by atoms with Crippen LogP contribution in [0.15, 0.2) is 16.3 Å². The molecule has 2 aliphatic rings. The van der Waals surface area contributed by atoms with E-state index in [1.807, 2.05) is 6.07 Å². The molecule has 2 fully saturated rings. The lowest BCUT2D eigenvalue weighted by atomic mass is 9.93. The quantitative estimate of drug-likeness (QED) is 0.908. The molecule has 3 rings (SSSR count). The molecule has 0 spiro atoms. The Hall–Kier alpha value is -0.430. The van der Waals surface area contributed by atoms with E-state index in [2.05, 4.69) is 19.2 Å². The fourth-order valence-electron chi connectivity index (χ4n) is 2.54. The lowest BCUT2D eigenvalue weighted by molar-refractivity contribution is 0.375. The van der Waals surface area contributed by atoms with Crippen LogP contribution < -0.4 is 5.32 Å². The number of thiophene rings is 1. The Bertz CT molecular complexity index is 588. The molecule has 1 saturated carbocycles. The molecule has 1 aromatic heterocycles. The van der Waals surface area contributed by atoms with Gasteiger partial charge in [0.15, 0.2) is 0 Å². The monoisotopic (exact) mass is 314 g/mol. The van der Waals surface area contributed by atoms with Gasteiger partial charge in [-0.25, -0.2) is 8.42 Å². The summed E-state index contributed by atoms with van der Waals surface area (Å²) >= 11 is 1.54. The molecule has 1 aliphatic carbocycles. The predicted molar refractivity (Wildman–Crippen MR) is 81.3 cm³/mol. The van der Waals surface area contributed by atoms with Crippen LogP contribution in [-0.4, -0.2) is 31.9 Å². The number of nitrogens with one attached hydrogen (secondary N) is 1. The van der Waals surface area contributed by atoms with Crippen LogP contribution in [-0.2, 0) is 16.6 Å². The second kappa shape index (κ2) is 5.09. The zero-order valence-corrected chi connectivity index (χ0v) is 13.7. The maximum Gasteiger partial charge on any atom is 0.243 e. The maximum atomic E-state index is 12.6. The van der Waals surface area contributed by atoms with E-state index in [0.29, 0.717) is 24.0 Å². The molecule has 1 N–H and O–H groups in total. The van der Waals surface area contributed by atoms with Crippen LogP contribution in [0.3, 0.4) is 0 Å². The van der Waals surface area contributed by atoms with Gasteiger partial charge in [-0.1, -0.05) is 13.8 Å². The summed E-state index contributed by atoms with van der Waals surface area (Å²) in [5.74, 6) is 0. The summed E-state index contributed by atoms with van der Waals surface area (Å²) in [6.07, 6.45) is 3.44. The lowest BCUT2D eigenvalue weighted by Gasteiger charge is -2.19. The van der Waals surface area contributed by atoms with Gasteiger partial charge in [-0.3, -0.25) is 0 Å². The van der Waals surface area contributed by atoms with Crippen LogP contribution in [0.5, 0.6) is 0 Å². The smallest absolute Gasteiger partial charge is 0.243 e. The third-order valence-electron chi connectivity index (χ3n) is 4.05. The van der Waals surface area contributed by atoms with E-state index in [9.17, 15) is 8.42 Å². The van der Waals surface area contributed by atoms with E-state index in [1.165, 1.54) is 24.2 Å². The summed E-state index contributed by atoms with van der Waals surface area (Å²) in [6.45, 7) is 6.31. The molecular formula is C14H22N2O2S2. The van der Waals surface area contributed by atoms with Crippen LogP contribution in [0.25, 0.3) is 0 Å². The van der Waals surface area contributed by atoms with Gasteiger partial charge in [0, 0.05) is 35.9 Å². The predicted octanol–water partition coefficient (Wildman–Crippen LogP) is 2.42. The lowest BCUT2D eigenvalue weighted by Crippen LogP contribution is -2.30. The molecule has 0 unspecified atom stereocenters. The molecule has 0 radical (unpaired) electrons. The summed E-state index contributed by atoms with van der Waals surface area (Å²) in [6, 6.07) is 2.48. The Balaban J connectivity index is 1.70. The second-order valence-corrected chi connectivity index (χ2v) is 9.59. The summed E-state index contributed by atoms with van der Waals surface area (Å²) in [4.78, 5) is 1.57. The van der Waals surface area contributed by atoms with E-state index in [4.69, 9.17) is 0 Å². The van der Waals surface area contributed by atoms with E-state index in [1.54, 1.807) is 9.69 Å². The van der Waals surface area contributed by atoms with Crippen molar-refractivity contribution in [2.75, 3.05) is 13.1 Å². The molecule has 1 saturated heterocycles. The highest BCUT2D eigenvalue weighted by molar-refractivity contribution is 7.89. The van der Waals surface area contributed by atoms with Crippen LogP contribution in [0.1, 0.15) is 38.0 Å². The Morgan fingerprint density at radius 3 is 2.80 bits per heavy atom. The van der Waals surface area contributed by atoms with Crippen molar-refractivity contribution in [3.05, 3.63) is 16.3 Å². The summed E-state index contributed by atoms with van der Waals surface area (Å²) < 4.78 is 26.8. The second-order valence-electron chi connectivity index (χ2n) is 6.66. The number of rotatable bonds is 5. The van der Waals surface area contributed by atoms with Crippen LogP contribution in [0.2, 0.25) is 0 Å². The third-order valence-corrected chi connectivity index (χ3v) is 6.96. The maximum absolute atomic E-state index is 12.6. The highest BCUT2D eigenvalue weighted by atomic mass is 32.2. The van der Waals surface area contributed by atoms with Crippen molar-refractivity contribution in [3.63, 3.8) is 0 Å². The van der Waals surface area contributed by atoms with Crippen molar-refractivity contribution in [1.29, 1.82) is 0 Å². The van der Waals surface area contributed by atoms with E-state index >= 15 is 0 Å². The van der Waals surface area contributed by atoms with Crippen molar-refractivity contribution in [1.82, 2.24) is 9.62 Å². The highest BCUT2D eigenvalue weighted by Gasteiger charge is 2.37. The molecule has 0 amide bonds. The zero-order valence-electron chi connectivity index (χ0n) is 12.1. The van der Waals surface area contributed by atoms with Gasteiger partial charge < -0.3 is 5.32 Å². The fraction of sp³-hybridized carbons (Fsp3) is 0.714. The number of sulfonamides is 1. The van der Waals surface area contributed by atoms with Gasteiger partial charge in [0.2, 0.25) is 10.0 Å². The molecule has 0 bridgehead atoms. The van der Waals surface area contributed by atoms with Crippen LogP contribution in [0.4, 0.5) is 0 Å². The Labute approximate surface area is 125 Å². The Kier molecular flexibility index (Phi) is 3.69.